The van der Waals surface area contributed by atoms with Crippen LogP contribution in [0, 0.1) is 5.82 Å². The van der Waals surface area contributed by atoms with E-state index in [4.69, 9.17) is 34.8 Å². The first-order chi connectivity index (χ1) is 7.99. The van der Waals surface area contributed by atoms with Gasteiger partial charge in [0.2, 0.25) is 0 Å². The highest BCUT2D eigenvalue weighted by atomic mass is 35.5. The number of H-pyrrole nitrogens is 1. The van der Waals surface area contributed by atoms with Gasteiger partial charge in [-0.25, -0.2) is 4.39 Å². The summed E-state index contributed by atoms with van der Waals surface area (Å²) in [4.78, 5) is 13.8. The van der Waals surface area contributed by atoms with Crippen molar-refractivity contribution in [2.24, 2.45) is 0 Å². The number of rotatable bonds is 1. The van der Waals surface area contributed by atoms with E-state index in [1.165, 1.54) is 12.1 Å². The Morgan fingerprint density at radius 1 is 1.06 bits per heavy atom. The number of nitrogens with one attached hydrogen (secondary N) is 1. The van der Waals surface area contributed by atoms with E-state index in [1.807, 2.05) is 0 Å². The van der Waals surface area contributed by atoms with Crippen molar-refractivity contribution >= 4 is 34.8 Å². The molecule has 6 heteroatoms. The Hall–Kier alpha value is -1.03. The summed E-state index contributed by atoms with van der Waals surface area (Å²) in [5, 5.41) is 0.612. The van der Waals surface area contributed by atoms with Crippen LogP contribution in [0.3, 0.4) is 0 Å². The molecule has 1 heterocycles. The van der Waals surface area contributed by atoms with E-state index in [-0.39, 0.29) is 20.6 Å². The van der Waals surface area contributed by atoms with Crippen LogP contribution in [0.4, 0.5) is 4.39 Å². The molecule has 0 aliphatic rings. The Labute approximate surface area is 111 Å². The van der Waals surface area contributed by atoms with Crippen LogP contribution >= 0.6 is 34.8 Å². The standard InChI is InChI=1S/C11H5Cl3FNO/c12-8-1-5(2-9(13)10(8)14)7-3-6(15)4-16-11(7)17/h1-4H,(H,16,17). The number of hydrogen-bond acceptors (Lipinski definition) is 1. The predicted octanol–water partition coefficient (Wildman–Crippen LogP) is 4.14. The van der Waals surface area contributed by atoms with Gasteiger partial charge in [-0.1, -0.05) is 34.8 Å². The molecule has 0 amide bonds. The Kier molecular flexibility index (Phi) is 3.43. The van der Waals surface area contributed by atoms with E-state index in [2.05, 4.69) is 4.98 Å². The van der Waals surface area contributed by atoms with Gasteiger partial charge in [-0.3, -0.25) is 4.79 Å². The first-order valence-electron chi connectivity index (χ1n) is 4.52. The first-order valence-corrected chi connectivity index (χ1v) is 5.65. The molecule has 1 aromatic carbocycles. The molecular weight excluding hydrogens is 287 g/mol. The topological polar surface area (TPSA) is 32.9 Å². The van der Waals surface area contributed by atoms with E-state index in [9.17, 15) is 9.18 Å². The van der Waals surface area contributed by atoms with Crippen molar-refractivity contribution in [1.29, 1.82) is 0 Å². The maximum atomic E-state index is 13.1. The highest BCUT2D eigenvalue weighted by Gasteiger charge is 2.10. The smallest absolute Gasteiger partial charge is 0.256 e. The molecule has 2 nitrogen and oxygen atoms in total. The average Bonchev–Trinajstić information content (AvgIpc) is 2.28. The summed E-state index contributed by atoms with van der Waals surface area (Å²) in [6.07, 6.45) is 0.977. The number of pyridine rings is 1. The molecule has 2 aromatic rings. The summed E-state index contributed by atoms with van der Waals surface area (Å²) in [6, 6.07) is 4.02. The van der Waals surface area contributed by atoms with Crippen LogP contribution < -0.4 is 5.56 Å². The van der Waals surface area contributed by atoms with E-state index < -0.39 is 11.4 Å². The van der Waals surface area contributed by atoms with E-state index in [0.717, 1.165) is 12.3 Å². The Morgan fingerprint density at radius 2 is 1.65 bits per heavy atom. The monoisotopic (exact) mass is 291 g/mol. The van der Waals surface area contributed by atoms with Gasteiger partial charge in [0.1, 0.15) is 5.82 Å². The minimum atomic E-state index is -0.554. The van der Waals surface area contributed by atoms with Gasteiger partial charge < -0.3 is 4.98 Å². The summed E-state index contributed by atoms with van der Waals surface area (Å²) >= 11 is 17.5. The maximum Gasteiger partial charge on any atom is 0.256 e. The van der Waals surface area contributed by atoms with E-state index in [0.29, 0.717) is 5.56 Å². The quantitative estimate of drug-likeness (QED) is 0.787. The molecule has 0 saturated carbocycles. The summed E-state index contributed by atoms with van der Waals surface area (Å²) in [5.41, 5.74) is 0.122. The van der Waals surface area contributed by atoms with Crippen molar-refractivity contribution in [2.45, 2.75) is 0 Å². The molecule has 0 radical (unpaired) electrons. The molecule has 17 heavy (non-hydrogen) atoms. The van der Waals surface area contributed by atoms with Crippen LogP contribution in [0.2, 0.25) is 15.1 Å². The molecule has 0 saturated heterocycles. The highest BCUT2D eigenvalue weighted by Crippen LogP contribution is 2.34. The minimum Gasteiger partial charge on any atom is -0.326 e. The summed E-state index contributed by atoms with van der Waals surface area (Å²) in [5.74, 6) is -0.554. The lowest BCUT2D eigenvalue weighted by molar-refractivity contribution is 0.621. The van der Waals surface area contributed by atoms with Gasteiger partial charge in [0.05, 0.1) is 15.1 Å². The van der Waals surface area contributed by atoms with Crippen LogP contribution in [0.25, 0.3) is 11.1 Å². The van der Waals surface area contributed by atoms with E-state index in [1.54, 1.807) is 0 Å². The predicted molar refractivity (Wildman–Crippen MR) is 67.5 cm³/mol. The molecule has 0 unspecified atom stereocenters. The molecule has 0 bridgehead atoms. The molecule has 1 N–H and O–H groups in total. The van der Waals surface area contributed by atoms with Crippen molar-refractivity contribution in [2.75, 3.05) is 0 Å². The molecule has 2 rings (SSSR count). The van der Waals surface area contributed by atoms with Gasteiger partial charge in [0, 0.05) is 11.8 Å². The largest absolute Gasteiger partial charge is 0.326 e. The molecule has 0 fully saturated rings. The second kappa shape index (κ2) is 4.69. The molecule has 1 aromatic heterocycles. The minimum absolute atomic E-state index is 0.144. The summed E-state index contributed by atoms with van der Waals surface area (Å²) in [7, 11) is 0. The van der Waals surface area contributed by atoms with Crippen LogP contribution in [-0.4, -0.2) is 4.98 Å². The third-order valence-corrected chi connectivity index (χ3v) is 3.36. The van der Waals surface area contributed by atoms with Gasteiger partial charge in [0.15, 0.2) is 0 Å². The third kappa shape index (κ3) is 2.46. The number of hydrogen-bond donors (Lipinski definition) is 1. The lowest BCUT2D eigenvalue weighted by Crippen LogP contribution is -2.08. The fraction of sp³-hybridized carbons (Fsp3) is 0. The van der Waals surface area contributed by atoms with Gasteiger partial charge in [0.25, 0.3) is 5.56 Å². The molecule has 0 atom stereocenters. The Balaban J connectivity index is 2.69. The average molecular weight is 293 g/mol. The lowest BCUT2D eigenvalue weighted by atomic mass is 10.1. The molecule has 0 aliphatic heterocycles. The summed E-state index contributed by atoms with van der Waals surface area (Å²) < 4.78 is 13.1. The van der Waals surface area contributed by atoms with Crippen molar-refractivity contribution in [3.8, 4) is 11.1 Å². The number of halogens is 4. The van der Waals surface area contributed by atoms with Crippen molar-refractivity contribution in [1.82, 2.24) is 4.98 Å². The van der Waals surface area contributed by atoms with E-state index >= 15 is 0 Å². The number of benzene rings is 1. The Bertz CT molecular complexity index is 616. The van der Waals surface area contributed by atoms with Crippen molar-refractivity contribution < 1.29 is 4.39 Å². The van der Waals surface area contributed by atoms with Crippen LogP contribution in [0.1, 0.15) is 0 Å². The fourth-order valence-electron chi connectivity index (χ4n) is 1.38. The van der Waals surface area contributed by atoms with Gasteiger partial charge >= 0.3 is 0 Å². The zero-order chi connectivity index (χ0) is 12.6. The van der Waals surface area contributed by atoms with Crippen molar-refractivity contribution in [3.63, 3.8) is 0 Å². The first kappa shape index (κ1) is 12.4. The molecule has 88 valence electrons. The third-order valence-electron chi connectivity index (χ3n) is 2.16. The zero-order valence-electron chi connectivity index (χ0n) is 8.23. The maximum absolute atomic E-state index is 13.1. The molecule has 0 aliphatic carbocycles. The highest BCUT2D eigenvalue weighted by molar-refractivity contribution is 6.48. The SMILES string of the molecule is O=c1[nH]cc(F)cc1-c1cc(Cl)c(Cl)c(Cl)c1. The van der Waals surface area contributed by atoms with Gasteiger partial charge in [-0.15, -0.1) is 0 Å². The Morgan fingerprint density at radius 3 is 2.24 bits per heavy atom. The number of aromatic amines is 1. The van der Waals surface area contributed by atoms with Gasteiger partial charge in [-0.2, -0.15) is 0 Å². The number of aromatic nitrogens is 1. The summed E-state index contributed by atoms with van der Waals surface area (Å²) in [6.45, 7) is 0. The van der Waals surface area contributed by atoms with Gasteiger partial charge in [-0.05, 0) is 23.8 Å². The lowest BCUT2D eigenvalue weighted by Gasteiger charge is -2.05. The zero-order valence-corrected chi connectivity index (χ0v) is 10.5. The van der Waals surface area contributed by atoms with Crippen molar-refractivity contribution in [3.05, 3.63) is 55.6 Å². The molecular formula is C11H5Cl3FNO. The fourth-order valence-corrected chi connectivity index (χ4v) is 1.98. The van der Waals surface area contributed by atoms with Crippen LogP contribution in [0.5, 0.6) is 0 Å². The second-order valence-electron chi connectivity index (χ2n) is 3.31. The second-order valence-corrected chi connectivity index (χ2v) is 4.51. The molecule has 0 spiro atoms. The normalized spacial score (nSPS) is 10.6. The van der Waals surface area contributed by atoms with Crippen LogP contribution in [-0.2, 0) is 0 Å². The van der Waals surface area contributed by atoms with Crippen LogP contribution in [0.15, 0.2) is 29.2 Å².